The summed E-state index contributed by atoms with van der Waals surface area (Å²) in [7, 11) is 0. The third-order valence-electron chi connectivity index (χ3n) is 5.02. The van der Waals surface area contributed by atoms with E-state index in [4.69, 9.17) is 0 Å². The first-order chi connectivity index (χ1) is 11.0. The van der Waals surface area contributed by atoms with E-state index < -0.39 is 0 Å². The van der Waals surface area contributed by atoms with E-state index >= 15 is 0 Å². The smallest absolute Gasteiger partial charge is 0.317 e. The maximum atomic E-state index is 12.6. The van der Waals surface area contributed by atoms with Crippen molar-refractivity contribution in [3.05, 3.63) is 17.0 Å². The molecular formula is C17H31N5O. The van der Waals surface area contributed by atoms with E-state index in [1.807, 2.05) is 18.7 Å². The minimum Gasteiger partial charge on any atom is -0.336 e. The van der Waals surface area contributed by atoms with Crippen molar-refractivity contribution < 1.29 is 4.79 Å². The summed E-state index contributed by atoms with van der Waals surface area (Å²) in [5.74, 6) is 0. The van der Waals surface area contributed by atoms with E-state index in [-0.39, 0.29) is 12.1 Å². The number of aromatic nitrogens is 2. The van der Waals surface area contributed by atoms with Crippen LogP contribution in [-0.2, 0) is 0 Å². The fourth-order valence-corrected chi connectivity index (χ4v) is 3.67. The van der Waals surface area contributed by atoms with E-state index in [9.17, 15) is 4.79 Å². The Morgan fingerprint density at radius 3 is 2.70 bits per heavy atom. The molecule has 1 aliphatic rings. The summed E-state index contributed by atoms with van der Waals surface area (Å²) in [6.45, 7) is 14.0. The van der Waals surface area contributed by atoms with Crippen LogP contribution in [-0.4, -0.2) is 58.2 Å². The van der Waals surface area contributed by atoms with Crippen LogP contribution >= 0.6 is 0 Å². The highest BCUT2D eigenvalue weighted by atomic mass is 16.2. The number of urea groups is 1. The highest BCUT2D eigenvalue weighted by Gasteiger charge is 2.33. The molecule has 0 bridgehead atoms. The highest BCUT2D eigenvalue weighted by molar-refractivity contribution is 5.75. The lowest BCUT2D eigenvalue weighted by atomic mass is 10.0. The van der Waals surface area contributed by atoms with Gasteiger partial charge in [-0.3, -0.25) is 10.00 Å². The zero-order valence-corrected chi connectivity index (χ0v) is 15.1. The van der Waals surface area contributed by atoms with E-state index in [0.717, 1.165) is 43.9 Å². The van der Waals surface area contributed by atoms with Crippen molar-refractivity contribution in [2.75, 3.05) is 26.2 Å². The Labute approximate surface area is 139 Å². The van der Waals surface area contributed by atoms with Crippen LogP contribution in [0.25, 0.3) is 0 Å². The number of aryl methyl sites for hydroxylation is 2. The second kappa shape index (κ2) is 7.81. The van der Waals surface area contributed by atoms with Gasteiger partial charge in [-0.05, 0) is 46.7 Å². The first kappa shape index (κ1) is 17.8. The lowest BCUT2D eigenvalue weighted by molar-refractivity contribution is 0.182. The summed E-state index contributed by atoms with van der Waals surface area (Å²) < 4.78 is 0. The number of likely N-dealkylation sites (tertiary alicyclic amines) is 1. The minimum absolute atomic E-state index is 0.0477. The molecule has 2 rings (SSSR count). The second-order valence-corrected chi connectivity index (χ2v) is 6.46. The van der Waals surface area contributed by atoms with Crippen LogP contribution in [0.5, 0.6) is 0 Å². The molecule has 0 saturated carbocycles. The number of rotatable bonds is 6. The van der Waals surface area contributed by atoms with Crippen LogP contribution in [0, 0.1) is 13.8 Å². The first-order valence-corrected chi connectivity index (χ1v) is 8.79. The van der Waals surface area contributed by atoms with Crippen molar-refractivity contribution in [2.45, 2.75) is 59.5 Å². The summed E-state index contributed by atoms with van der Waals surface area (Å²) in [6.07, 6.45) is 2.06. The zero-order chi connectivity index (χ0) is 17.0. The van der Waals surface area contributed by atoms with Crippen molar-refractivity contribution in [2.24, 2.45) is 0 Å². The van der Waals surface area contributed by atoms with Gasteiger partial charge in [0, 0.05) is 30.4 Å². The Morgan fingerprint density at radius 2 is 2.13 bits per heavy atom. The average Bonchev–Trinajstić information content (AvgIpc) is 3.12. The number of carbonyl (C=O) groups is 1. The molecule has 1 aromatic heterocycles. The number of hydrogen-bond donors (Lipinski definition) is 2. The number of likely N-dealkylation sites (N-methyl/N-ethyl adjacent to an activating group) is 1. The molecule has 0 unspecified atom stereocenters. The van der Waals surface area contributed by atoms with Gasteiger partial charge in [-0.25, -0.2) is 4.79 Å². The molecule has 6 nitrogen and oxygen atoms in total. The maximum Gasteiger partial charge on any atom is 0.317 e. The number of nitrogens with one attached hydrogen (secondary N) is 2. The van der Waals surface area contributed by atoms with Gasteiger partial charge >= 0.3 is 6.03 Å². The molecule has 0 spiro atoms. The van der Waals surface area contributed by atoms with Gasteiger partial charge in [0.05, 0.1) is 11.7 Å². The third-order valence-corrected chi connectivity index (χ3v) is 5.02. The van der Waals surface area contributed by atoms with Crippen LogP contribution in [0.2, 0.25) is 0 Å². The molecule has 2 atom stereocenters. The molecule has 1 saturated heterocycles. The van der Waals surface area contributed by atoms with Gasteiger partial charge < -0.3 is 10.2 Å². The molecule has 0 radical (unpaired) electrons. The van der Waals surface area contributed by atoms with Crippen molar-refractivity contribution in [1.29, 1.82) is 0 Å². The predicted octanol–water partition coefficient (Wildman–Crippen LogP) is 2.60. The standard InChI is InChI=1S/C17H31N5O/c1-6-21(7-2)12(3)11-18-17(23)22-10-8-9-15(22)16-13(4)19-20-14(16)5/h12,15H,6-11H2,1-5H3,(H,18,23)(H,19,20)/t12-,15+/m0/s1. The van der Waals surface area contributed by atoms with Gasteiger partial charge in [0.1, 0.15) is 0 Å². The lowest BCUT2D eigenvalue weighted by Gasteiger charge is -2.29. The normalized spacial score (nSPS) is 19.4. The lowest BCUT2D eigenvalue weighted by Crippen LogP contribution is -2.46. The van der Waals surface area contributed by atoms with Gasteiger partial charge in [-0.1, -0.05) is 13.8 Å². The van der Waals surface area contributed by atoms with E-state index in [1.54, 1.807) is 0 Å². The number of amides is 2. The Balaban J connectivity index is 1.99. The van der Waals surface area contributed by atoms with Gasteiger partial charge in [-0.2, -0.15) is 5.10 Å². The number of H-pyrrole nitrogens is 1. The van der Waals surface area contributed by atoms with Crippen LogP contribution in [0.15, 0.2) is 0 Å². The zero-order valence-electron chi connectivity index (χ0n) is 15.1. The van der Waals surface area contributed by atoms with Crippen molar-refractivity contribution in [3.63, 3.8) is 0 Å². The molecule has 1 fully saturated rings. The first-order valence-electron chi connectivity index (χ1n) is 8.79. The van der Waals surface area contributed by atoms with Crippen molar-refractivity contribution >= 4 is 6.03 Å². The summed E-state index contributed by atoms with van der Waals surface area (Å²) in [5.41, 5.74) is 3.27. The summed E-state index contributed by atoms with van der Waals surface area (Å²) in [5, 5.41) is 10.4. The highest BCUT2D eigenvalue weighted by Crippen LogP contribution is 2.34. The van der Waals surface area contributed by atoms with Gasteiger partial charge in [0.25, 0.3) is 0 Å². The van der Waals surface area contributed by atoms with E-state index in [0.29, 0.717) is 12.6 Å². The van der Waals surface area contributed by atoms with Crippen molar-refractivity contribution in [3.8, 4) is 0 Å². The molecular weight excluding hydrogens is 290 g/mol. The fraction of sp³-hybridized carbons (Fsp3) is 0.765. The molecule has 130 valence electrons. The monoisotopic (exact) mass is 321 g/mol. The van der Waals surface area contributed by atoms with Crippen LogP contribution < -0.4 is 5.32 Å². The number of hydrogen-bond acceptors (Lipinski definition) is 3. The largest absolute Gasteiger partial charge is 0.336 e. The van der Waals surface area contributed by atoms with E-state index in [2.05, 4.69) is 41.2 Å². The van der Waals surface area contributed by atoms with Crippen LogP contribution in [0.1, 0.15) is 56.6 Å². The molecule has 0 aliphatic carbocycles. The molecule has 1 aromatic rings. The Kier molecular flexibility index (Phi) is 6.04. The average molecular weight is 321 g/mol. The molecule has 6 heteroatoms. The minimum atomic E-state index is 0.0477. The molecule has 1 aliphatic heterocycles. The summed E-state index contributed by atoms with van der Waals surface area (Å²) in [6, 6.07) is 0.552. The summed E-state index contributed by atoms with van der Waals surface area (Å²) >= 11 is 0. The maximum absolute atomic E-state index is 12.6. The predicted molar refractivity (Wildman–Crippen MR) is 92.5 cm³/mol. The SMILES string of the molecule is CCN(CC)[C@@H](C)CNC(=O)N1CCC[C@@H]1c1c(C)n[nH]c1C. The van der Waals surface area contributed by atoms with Crippen LogP contribution in [0.3, 0.4) is 0 Å². The van der Waals surface area contributed by atoms with Crippen LogP contribution in [0.4, 0.5) is 4.79 Å². The summed E-state index contributed by atoms with van der Waals surface area (Å²) in [4.78, 5) is 17.0. The van der Waals surface area contributed by atoms with Gasteiger partial charge in [-0.15, -0.1) is 0 Å². The molecule has 0 aromatic carbocycles. The number of carbonyl (C=O) groups excluding carboxylic acids is 1. The van der Waals surface area contributed by atoms with Gasteiger partial charge in [0.2, 0.25) is 0 Å². The Bertz CT molecular complexity index is 504. The van der Waals surface area contributed by atoms with E-state index in [1.165, 1.54) is 5.56 Å². The second-order valence-electron chi connectivity index (χ2n) is 6.46. The number of aromatic amines is 1. The third kappa shape index (κ3) is 3.86. The quantitative estimate of drug-likeness (QED) is 0.846. The molecule has 23 heavy (non-hydrogen) atoms. The molecule has 2 heterocycles. The molecule has 2 amide bonds. The Morgan fingerprint density at radius 1 is 1.43 bits per heavy atom. The topological polar surface area (TPSA) is 64.3 Å². The fourth-order valence-electron chi connectivity index (χ4n) is 3.67. The number of nitrogens with zero attached hydrogens (tertiary/aromatic N) is 3. The van der Waals surface area contributed by atoms with Gasteiger partial charge in [0.15, 0.2) is 0 Å². The Hall–Kier alpha value is -1.56. The van der Waals surface area contributed by atoms with Crippen molar-refractivity contribution in [1.82, 2.24) is 25.3 Å². The molecule has 2 N–H and O–H groups in total.